The lowest BCUT2D eigenvalue weighted by Crippen LogP contribution is -1.95. The number of halogens is 1. The molecule has 0 saturated heterocycles. The fourth-order valence-electron chi connectivity index (χ4n) is 1.16. The fraction of sp³-hybridized carbons (Fsp3) is 0. The first kappa shape index (κ1) is 10.8. The van der Waals surface area contributed by atoms with Crippen LogP contribution in [0.25, 0.3) is 0 Å². The molecule has 0 saturated carbocycles. The van der Waals surface area contributed by atoms with Gasteiger partial charge in [0.1, 0.15) is 17.6 Å². The number of hydrogen-bond acceptors (Lipinski definition) is 5. The van der Waals surface area contributed by atoms with E-state index in [0.717, 1.165) is 6.07 Å². The van der Waals surface area contributed by atoms with Crippen LogP contribution in [0.3, 0.4) is 0 Å². The maximum atomic E-state index is 13.2. The molecule has 0 fully saturated rings. The van der Waals surface area contributed by atoms with Gasteiger partial charge in [-0.3, -0.25) is 0 Å². The van der Waals surface area contributed by atoms with Gasteiger partial charge in [-0.15, -0.1) is 0 Å². The second kappa shape index (κ2) is 4.45. The minimum atomic E-state index is -0.593. The van der Waals surface area contributed by atoms with Crippen molar-refractivity contribution in [2.24, 2.45) is 0 Å². The van der Waals surface area contributed by atoms with Crippen molar-refractivity contribution in [1.29, 1.82) is 5.26 Å². The zero-order chi connectivity index (χ0) is 12.3. The topological polar surface area (TPSA) is 84.8 Å². The van der Waals surface area contributed by atoms with Gasteiger partial charge in [-0.25, -0.2) is 14.4 Å². The monoisotopic (exact) mass is 230 g/mol. The summed E-state index contributed by atoms with van der Waals surface area (Å²) in [5.74, 6) is -0.363. The van der Waals surface area contributed by atoms with Crippen molar-refractivity contribution >= 4 is 5.69 Å². The Morgan fingerprint density at radius 3 is 2.76 bits per heavy atom. The van der Waals surface area contributed by atoms with Gasteiger partial charge in [0.15, 0.2) is 0 Å². The number of nitrogens with zero attached hydrogens (tertiary/aromatic N) is 3. The van der Waals surface area contributed by atoms with Gasteiger partial charge in [-0.2, -0.15) is 5.26 Å². The molecule has 1 heterocycles. The Hall–Kier alpha value is -2.68. The molecule has 1 aromatic heterocycles. The number of anilines is 1. The number of nitrogen functional groups attached to an aromatic ring is 1. The maximum Gasteiger partial charge on any atom is 0.256 e. The summed E-state index contributed by atoms with van der Waals surface area (Å²) >= 11 is 0. The van der Waals surface area contributed by atoms with E-state index in [1.54, 1.807) is 0 Å². The predicted octanol–water partition coefficient (Wildman–Crippen LogP) is 1.86. The summed E-state index contributed by atoms with van der Waals surface area (Å²) in [6.07, 6.45) is 2.75. The molecule has 0 aliphatic heterocycles. The van der Waals surface area contributed by atoms with E-state index in [4.69, 9.17) is 15.7 Å². The highest BCUT2D eigenvalue weighted by atomic mass is 19.1. The molecule has 0 amide bonds. The molecule has 5 nitrogen and oxygen atoms in total. The smallest absolute Gasteiger partial charge is 0.256 e. The Balaban J connectivity index is 2.32. The average molecular weight is 230 g/mol. The molecule has 0 atom stereocenters. The van der Waals surface area contributed by atoms with E-state index in [1.807, 2.05) is 6.07 Å². The molecule has 17 heavy (non-hydrogen) atoms. The van der Waals surface area contributed by atoms with Crippen molar-refractivity contribution in [3.63, 3.8) is 0 Å². The van der Waals surface area contributed by atoms with Crippen LogP contribution in [0.4, 0.5) is 10.1 Å². The molecule has 2 rings (SSSR count). The minimum absolute atomic E-state index is 0.0250. The van der Waals surface area contributed by atoms with Crippen molar-refractivity contribution in [2.45, 2.75) is 0 Å². The molecule has 6 heteroatoms. The maximum absolute atomic E-state index is 13.2. The van der Waals surface area contributed by atoms with Gasteiger partial charge in [0.05, 0.1) is 5.69 Å². The van der Waals surface area contributed by atoms with Crippen LogP contribution >= 0.6 is 0 Å². The second-order valence-corrected chi connectivity index (χ2v) is 3.11. The van der Waals surface area contributed by atoms with E-state index in [0.29, 0.717) is 0 Å². The summed E-state index contributed by atoms with van der Waals surface area (Å²) < 4.78 is 18.4. The summed E-state index contributed by atoms with van der Waals surface area (Å²) in [6, 6.07) is 5.79. The Morgan fingerprint density at radius 2 is 2.06 bits per heavy atom. The lowest BCUT2D eigenvalue weighted by molar-refractivity contribution is 0.454. The molecule has 0 unspecified atom stereocenters. The summed E-state index contributed by atoms with van der Waals surface area (Å²) in [7, 11) is 0. The Bertz CT molecular complexity index is 594. The average Bonchev–Trinajstić information content (AvgIpc) is 2.34. The van der Waals surface area contributed by atoms with Crippen LogP contribution in [0.1, 0.15) is 5.69 Å². The number of hydrogen-bond donors (Lipinski definition) is 1. The van der Waals surface area contributed by atoms with E-state index in [2.05, 4.69) is 9.97 Å². The molecule has 0 radical (unpaired) electrons. The van der Waals surface area contributed by atoms with Crippen LogP contribution in [0.2, 0.25) is 0 Å². The minimum Gasteiger partial charge on any atom is -0.436 e. The van der Waals surface area contributed by atoms with Gasteiger partial charge < -0.3 is 10.5 Å². The van der Waals surface area contributed by atoms with Crippen LogP contribution in [0, 0.1) is 17.1 Å². The van der Waals surface area contributed by atoms with E-state index >= 15 is 0 Å². The number of nitriles is 1. The van der Waals surface area contributed by atoms with Crippen molar-refractivity contribution in [3.8, 4) is 17.7 Å². The van der Waals surface area contributed by atoms with Crippen LogP contribution < -0.4 is 10.5 Å². The highest BCUT2D eigenvalue weighted by molar-refractivity contribution is 5.45. The largest absolute Gasteiger partial charge is 0.436 e. The molecule has 1 aromatic carbocycles. The lowest BCUT2D eigenvalue weighted by atomic mass is 10.3. The van der Waals surface area contributed by atoms with Crippen LogP contribution in [0.5, 0.6) is 11.6 Å². The van der Waals surface area contributed by atoms with E-state index in [-0.39, 0.29) is 23.0 Å². The lowest BCUT2D eigenvalue weighted by Gasteiger charge is -2.05. The SMILES string of the molecule is N#Cc1nccnc1Oc1ccc(N)c(F)c1. The van der Waals surface area contributed by atoms with Crippen LogP contribution in [0.15, 0.2) is 30.6 Å². The first-order chi connectivity index (χ1) is 8.20. The van der Waals surface area contributed by atoms with Gasteiger partial charge in [-0.05, 0) is 12.1 Å². The van der Waals surface area contributed by atoms with Crippen molar-refractivity contribution < 1.29 is 9.13 Å². The molecule has 84 valence electrons. The first-order valence-electron chi connectivity index (χ1n) is 4.64. The molecule has 2 N–H and O–H groups in total. The highest BCUT2D eigenvalue weighted by Gasteiger charge is 2.08. The molecule has 0 bridgehead atoms. The zero-order valence-electron chi connectivity index (χ0n) is 8.59. The van der Waals surface area contributed by atoms with E-state index < -0.39 is 5.82 Å². The van der Waals surface area contributed by atoms with Gasteiger partial charge in [0.25, 0.3) is 5.88 Å². The van der Waals surface area contributed by atoms with Gasteiger partial charge >= 0.3 is 0 Å². The van der Waals surface area contributed by atoms with Crippen molar-refractivity contribution in [1.82, 2.24) is 9.97 Å². The number of rotatable bonds is 2. The van der Waals surface area contributed by atoms with Crippen molar-refractivity contribution in [2.75, 3.05) is 5.73 Å². The summed E-state index contributed by atoms with van der Waals surface area (Å²) in [5, 5.41) is 8.77. The highest BCUT2D eigenvalue weighted by Crippen LogP contribution is 2.24. The van der Waals surface area contributed by atoms with Crippen molar-refractivity contribution in [3.05, 3.63) is 42.1 Å². The Labute approximate surface area is 96.3 Å². The Morgan fingerprint density at radius 1 is 1.29 bits per heavy atom. The van der Waals surface area contributed by atoms with Gasteiger partial charge in [0, 0.05) is 18.5 Å². The van der Waals surface area contributed by atoms with Gasteiger partial charge in [0.2, 0.25) is 5.69 Å². The third-order valence-electron chi connectivity index (χ3n) is 1.96. The molecule has 0 spiro atoms. The molecular weight excluding hydrogens is 223 g/mol. The fourth-order valence-corrected chi connectivity index (χ4v) is 1.16. The van der Waals surface area contributed by atoms with E-state index in [9.17, 15) is 4.39 Å². The summed E-state index contributed by atoms with van der Waals surface area (Å²) in [5.41, 5.74) is 5.38. The second-order valence-electron chi connectivity index (χ2n) is 3.11. The number of aromatic nitrogens is 2. The standard InChI is InChI=1S/C11H7FN4O/c12-8-5-7(1-2-9(8)14)17-11-10(6-13)15-3-4-16-11/h1-5H,14H2. The van der Waals surface area contributed by atoms with E-state index in [1.165, 1.54) is 24.5 Å². The molecule has 0 aliphatic rings. The number of nitrogens with two attached hydrogens (primary N) is 1. The molecular formula is C11H7FN4O. The number of benzene rings is 1. The first-order valence-corrected chi connectivity index (χ1v) is 4.64. The normalized spacial score (nSPS) is 9.65. The Kier molecular flexibility index (Phi) is 2.83. The molecule has 0 aliphatic carbocycles. The van der Waals surface area contributed by atoms with Crippen LogP contribution in [-0.2, 0) is 0 Å². The zero-order valence-corrected chi connectivity index (χ0v) is 8.59. The summed E-state index contributed by atoms with van der Waals surface area (Å²) in [4.78, 5) is 7.60. The van der Waals surface area contributed by atoms with Gasteiger partial charge in [-0.1, -0.05) is 0 Å². The summed E-state index contributed by atoms with van der Waals surface area (Å²) in [6.45, 7) is 0. The molecule has 2 aromatic rings. The third-order valence-corrected chi connectivity index (χ3v) is 1.96. The van der Waals surface area contributed by atoms with Crippen LogP contribution in [-0.4, -0.2) is 9.97 Å². The quantitative estimate of drug-likeness (QED) is 0.796. The number of ether oxygens (including phenoxy) is 1. The third kappa shape index (κ3) is 2.29. The predicted molar refractivity (Wildman–Crippen MR) is 57.6 cm³/mol.